The maximum atomic E-state index is 12.2. The van der Waals surface area contributed by atoms with Crippen LogP contribution in [-0.4, -0.2) is 40.1 Å². The van der Waals surface area contributed by atoms with Crippen molar-refractivity contribution in [3.63, 3.8) is 0 Å². The van der Waals surface area contributed by atoms with Crippen LogP contribution in [0.15, 0.2) is 30.3 Å². The van der Waals surface area contributed by atoms with Gasteiger partial charge in [0.1, 0.15) is 12.1 Å². The van der Waals surface area contributed by atoms with Gasteiger partial charge in [0.25, 0.3) is 0 Å². The van der Waals surface area contributed by atoms with E-state index in [0.29, 0.717) is 5.69 Å². The molecular weight excluding hydrogens is 276 g/mol. The second kappa shape index (κ2) is 7.39. The molecule has 0 spiro atoms. The average molecular weight is 294 g/mol. The average Bonchev–Trinajstić information content (AvgIpc) is 2.45. The molecule has 0 radical (unpaired) electrons. The van der Waals surface area contributed by atoms with Crippen LogP contribution >= 0.6 is 0 Å². The summed E-state index contributed by atoms with van der Waals surface area (Å²) in [5.74, 6) is -2.82. The van der Waals surface area contributed by atoms with Crippen LogP contribution in [0.5, 0.6) is 0 Å². The van der Waals surface area contributed by atoms with Gasteiger partial charge in [-0.05, 0) is 25.5 Å². The van der Waals surface area contributed by atoms with Gasteiger partial charge in [-0.2, -0.15) is 0 Å². The molecule has 1 aromatic rings. The number of amides is 1. The molecule has 1 rings (SSSR count). The highest BCUT2D eigenvalue weighted by Gasteiger charge is 2.27. The van der Waals surface area contributed by atoms with E-state index in [2.05, 4.69) is 0 Å². The molecule has 0 bridgehead atoms. The first kappa shape index (κ1) is 16.6. The van der Waals surface area contributed by atoms with Crippen LogP contribution < -0.4 is 10.6 Å². The number of carbonyl (C=O) groups excluding carboxylic acids is 1. The zero-order valence-electron chi connectivity index (χ0n) is 11.6. The Morgan fingerprint density at radius 1 is 1.14 bits per heavy atom. The number of rotatable bonds is 7. The molecule has 0 aliphatic rings. The number of anilines is 1. The van der Waals surface area contributed by atoms with Gasteiger partial charge in [-0.15, -0.1) is 0 Å². The summed E-state index contributed by atoms with van der Waals surface area (Å²) in [5.41, 5.74) is 5.80. The summed E-state index contributed by atoms with van der Waals surface area (Å²) in [7, 11) is 0. The van der Waals surface area contributed by atoms with Crippen LogP contribution in [0.4, 0.5) is 5.69 Å². The molecule has 0 aromatic heterocycles. The Morgan fingerprint density at radius 2 is 1.71 bits per heavy atom. The topological polar surface area (TPSA) is 121 Å². The fourth-order valence-corrected chi connectivity index (χ4v) is 1.81. The number of benzene rings is 1. The number of hydrogen-bond acceptors (Lipinski definition) is 4. The van der Waals surface area contributed by atoms with Crippen molar-refractivity contribution in [2.45, 2.75) is 31.8 Å². The molecule has 1 amide bonds. The number of hydrogen-bond donors (Lipinski definition) is 3. The van der Waals surface area contributed by atoms with Crippen molar-refractivity contribution < 1.29 is 24.6 Å². The first-order chi connectivity index (χ1) is 9.84. The third-order valence-electron chi connectivity index (χ3n) is 3.03. The molecule has 7 heteroatoms. The molecule has 0 saturated carbocycles. The third kappa shape index (κ3) is 4.57. The lowest BCUT2D eigenvalue weighted by molar-refractivity contribution is -0.140. The SMILES string of the molecule is CC(C(=O)O)N(C(=O)CCC(N)C(=O)O)c1ccccc1. The smallest absolute Gasteiger partial charge is 0.326 e. The van der Waals surface area contributed by atoms with Gasteiger partial charge < -0.3 is 15.9 Å². The second-order valence-electron chi connectivity index (χ2n) is 4.60. The Kier molecular flexibility index (Phi) is 5.86. The van der Waals surface area contributed by atoms with E-state index in [4.69, 9.17) is 15.9 Å². The van der Waals surface area contributed by atoms with E-state index in [1.807, 2.05) is 0 Å². The normalized spacial score (nSPS) is 13.2. The standard InChI is InChI=1S/C14H18N2O5/c1-9(13(18)19)16(10-5-3-2-4-6-10)12(17)8-7-11(15)14(20)21/h2-6,9,11H,7-8,15H2,1H3,(H,18,19)(H,20,21). The largest absolute Gasteiger partial charge is 0.480 e. The third-order valence-corrected chi connectivity index (χ3v) is 3.03. The number of para-hydroxylation sites is 1. The number of carbonyl (C=O) groups is 3. The molecule has 2 atom stereocenters. The summed E-state index contributed by atoms with van der Waals surface area (Å²) >= 11 is 0. The molecular formula is C14H18N2O5. The van der Waals surface area contributed by atoms with Gasteiger partial charge in [-0.25, -0.2) is 4.79 Å². The summed E-state index contributed by atoms with van der Waals surface area (Å²) in [6.45, 7) is 1.39. The van der Waals surface area contributed by atoms with E-state index in [1.165, 1.54) is 6.92 Å². The van der Waals surface area contributed by atoms with E-state index in [0.717, 1.165) is 4.90 Å². The lowest BCUT2D eigenvalue weighted by atomic mass is 10.1. The van der Waals surface area contributed by atoms with E-state index in [-0.39, 0.29) is 12.8 Å². The molecule has 0 aliphatic carbocycles. The Hall–Kier alpha value is -2.41. The van der Waals surface area contributed by atoms with E-state index < -0.39 is 29.9 Å². The van der Waals surface area contributed by atoms with Gasteiger partial charge in [-0.1, -0.05) is 18.2 Å². The summed E-state index contributed by atoms with van der Waals surface area (Å²) in [5, 5.41) is 17.8. The van der Waals surface area contributed by atoms with Crippen molar-refractivity contribution in [3.05, 3.63) is 30.3 Å². The molecule has 0 heterocycles. The molecule has 7 nitrogen and oxygen atoms in total. The second-order valence-corrected chi connectivity index (χ2v) is 4.60. The predicted octanol–water partition coefficient (Wildman–Crippen LogP) is 0.685. The van der Waals surface area contributed by atoms with Crippen LogP contribution in [-0.2, 0) is 14.4 Å². The van der Waals surface area contributed by atoms with Crippen molar-refractivity contribution in [2.24, 2.45) is 5.73 Å². The maximum absolute atomic E-state index is 12.2. The highest BCUT2D eigenvalue weighted by atomic mass is 16.4. The van der Waals surface area contributed by atoms with Crippen LogP contribution in [0.3, 0.4) is 0 Å². The molecule has 1 aromatic carbocycles. The summed E-state index contributed by atoms with van der Waals surface area (Å²) in [6, 6.07) is 6.16. The lowest BCUT2D eigenvalue weighted by Gasteiger charge is -2.27. The number of nitrogens with two attached hydrogens (primary N) is 1. The highest BCUT2D eigenvalue weighted by Crippen LogP contribution is 2.18. The number of nitrogens with zero attached hydrogens (tertiary/aromatic N) is 1. The minimum absolute atomic E-state index is 0.0517. The minimum atomic E-state index is -1.19. The molecule has 4 N–H and O–H groups in total. The van der Waals surface area contributed by atoms with Crippen LogP contribution in [0.2, 0.25) is 0 Å². The highest BCUT2D eigenvalue weighted by molar-refractivity contribution is 5.99. The maximum Gasteiger partial charge on any atom is 0.326 e. The first-order valence-corrected chi connectivity index (χ1v) is 6.43. The van der Waals surface area contributed by atoms with Crippen molar-refractivity contribution in [1.82, 2.24) is 0 Å². The van der Waals surface area contributed by atoms with Crippen molar-refractivity contribution >= 4 is 23.5 Å². The van der Waals surface area contributed by atoms with Gasteiger partial charge in [0.15, 0.2) is 0 Å². The fraction of sp³-hybridized carbons (Fsp3) is 0.357. The van der Waals surface area contributed by atoms with Gasteiger partial charge in [0.05, 0.1) is 0 Å². The summed E-state index contributed by atoms with van der Waals surface area (Å²) in [4.78, 5) is 35.2. The van der Waals surface area contributed by atoms with Crippen molar-refractivity contribution in [1.29, 1.82) is 0 Å². The number of carboxylic acid groups (broad SMARTS) is 2. The van der Waals surface area contributed by atoms with Gasteiger partial charge >= 0.3 is 11.9 Å². The lowest BCUT2D eigenvalue weighted by Crippen LogP contribution is -2.44. The summed E-state index contributed by atoms with van der Waals surface area (Å²) < 4.78 is 0. The molecule has 0 aliphatic heterocycles. The number of aliphatic carboxylic acids is 2. The van der Waals surface area contributed by atoms with Gasteiger partial charge in [0, 0.05) is 12.1 Å². The van der Waals surface area contributed by atoms with Crippen molar-refractivity contribution in [2.75, 3.05) is 4.90 Å². The van der Waals surface area contributed by atoms with E-state index in [1.54, 1.807) is 30.3 Å². The Balaban J connectivity index is 2.89. The zero-order valence-corrected chi connectivity index (χ0v) is 11.6. The first-order valence-electron chi connectivity index (χ1n) is 6.43. The molecule has 0 fully saturated rings. The monoisotopic (exact) mass is 294 g/mol. The molecule has 114 valence electrons. The van der Waals surface area contributed by atoms with Gasteiger partial charge in [0.2, 0.25) is 5.91 Å². The Morgan fingerprint density at radius 3 is 2.19 bits per heavy atom. The van der Waals surface area contributed by atoms with Crippen LogP contribution in [0.25, 0.3) is 0 Å². The Bertz CT molecular complexity index is 517. The van der Waals surface area contributed by atoms with Crippen LogP contribution in [0.1, 0.15) is 19.8 Å². The quantitative estimate of drug-likeness (QED) is 0.680. The Labute approximate surface area is 122 Å². The fourth-order valence-electron chi connectivity index (χ4n) is 1.81. The molecule has 2 unspecified atom stereocenters. The van der Waals surface area contributed by atoms with E-state index in [9.17, 15) is 14.4 Å². The van der Waals surface area contributed by atoms with Crippen LogP contribution in [0, 0.1) is 0 Å². The predicted molar refractivity (Wildman–Crippen MR) is 75.9 cm³/mol. The van der Waals surface area contributed by atoms with E-state index >= 15 is 0 Å². The van der Waals surface area contributed by atoms with Gasteiger partial charge in [-0.3, -0.25) is 14.5 Å². The minimum Gasteiger partial charge on any atom is -0.480 e. The summed E-state index contributed by atoms with van der Waals surface area (Å²) in [6.07, 6.45) is -0.191. The van der Waals surface area contributed by atoms with Crippen molar-refractivity contribution in [3.8, 4) is 0 Å². The number of carboxylic acids is 2. The molecule has 0 saturated heterocycles. The molecule has 21 heavy (non-hydrogen) atoms. The zero-order chi connectivity index (χ0) is 16.0.